The molecule has 1 unspecified atom stereocenters. The molecule has 0 saturated heterocycles. The molecule has 0 fully saturated rings. The number of carbonyl (C=O) groups excluding carboxylic acids is 2. The predicted octanol–water partition coefficient (Wildman–Crippen LogP) is 3.78. The highest BCUT2D eigenvalue weighted by Crippen LogP contribution is 2.28. The van der Waals surface area contributed by atoms with Gasteiger partial charge in [-0.1, -0.05) is 23.7 Å². The molecule has 144 valence electrons. The van der Waals surface area contributed by atoms with Crippen LogP contribution < -0.4 is 14.8 Å². The fourth-order valence-electron chi connectivity index (χ4n) is 2.45. The number of halogens is 1. The molecule has 0 spiro atoms. The summed E-state index contributed by atoms with van der Waals surface area (Å²) in [4.78, 5) is 24.5. The second kappa shape index (κ2) is 9.28. The monoisotopic (exact) mass is 391 g/mol. The normalized spacial score (nSPS) is 11.4. The van der Waals surface area contributed by atoms with Crippen molar-refractivity contribution in [2.45, 2.75) is 26.4 Å². The molecule has 2 aromatic rings. The lowest BCUT2D eigenvalue weighted by atomic mass is 10.1. The molecule has 0 heterocycles. The van der Waals surface area contributed by atoms with Gasteiger partial charge in [-0.25, -0.2) is 0 Å². The summed E-state index contributed by atoms with van der Waals surface area (Å²) < 4.78 is 15.7. The first-order chi connectivity index (χ1) is 12.8. The van der Waals surface area contributed by atoms with E-state index in [0.29, 0.717) is 22.2 Å². The lowest BCUT2D eigenvalue weighted by Gasteiger charge is -2.15. The average molecular weight is 392 g/mol. The quantitative estimate of drug-likeness (QED) is 0.727. The van der Waals surface area contributed by atoms with E-state index in [4.69, 9.17) is 25.8 Å². The van der Waals surface area contributed by atoms with Crippen LogP contribution in [-0.2, 0) is 20.7 Å². The Hall–Kier alpha value is -2.73. The minimum atomic E-state index is -0.978. The van der Waals surface area contributed by atoms with Crippen molar-refractivity contribution >= 4 is 29.2 Å². The molecular formula is C20H22ClNO5. The highest BCUT2D eigenvalue weighted by atomic mass is 35.5. The molecule has 0 bridgehead atoms. The number of amides is 1. The van der Waals surface area contributed by atoms with Gasteiger partial charge in [0, 0.05) is 5.02 Å². The smallest absolute Gasteiger partial charge is 0.311 e. The third-order valence-electron chi connectivity index (χ3n) is 3.92. The number of rotatable bonds is 7. The maximum Gasteiger partial charge on any atom is 0.311 e. The van der Waals surface area contributed by atoms with Crippen molar-refractivity contribution in [2.75, 3.05) is 19.5 Å². The summed E-state index contributed by atoms with van der Waals surface area (Å²) in [6.07, 6.45) is -0.942. The van der Waals surface area contributed by atoms with E-state index in [9.17, 15) is 9.59 Å². The van der Waals surface area contributed by atoms with Crippen molar-refractivity contribution in [3.05, 3.63) is 52.5 Å². The van der Waals surface area contributed by atoms with Crippen LogP contribution in [0, 0.1) is 6.92 Å². The van der Waals surface area contributed by atoms with Crippen molar-refractivity contribution in [3.8, 4) is 11.5 Å². The van der Waals surface area contributed by atoms with Gasteiger partial charge in [-0.2, -0.15) is 0 Å². The van der Waals surface area contributed by atoms with Crippen molar-refractivity contribution < 1.29 is 23.8 Å². The van der Waals surface area contributed by atoms with Gasteiger partial charge in [0.05, 0.1) is 26.3 Å². The zero-order valence-electron chi connectivity index (χ0n) is 15.7. The van der Waals surface area contributed by atoms with E-state index >= 15 is 0 Å². The Morgan fingerprint density at radius 3 is 2.44 bits per heavy atom. The fourth-order valence-corrected chi connectivity index (χ4v) is 2.62. The molecule has 0 saturated carbocycles. The molecule has 0 radical (unpaired) electrons. The summed E-state index contributed by atoms with van der Waals surface area (Å²) in [5, 5.41) is 3.10. The lowest BCUT2D eigenvalue weighted by molar-refractivity contribution is -0.152. The van der Waals surface area contributed by atoms with E-state index in [1.165, 1.54) is 14.0 Å². The third-order valence-corrected chi connectivity index (χ3v) is 4.15. The van der Waals surface area contributed by atoms with Crippen molar-refractivity contribution in [1.29, 1.82) is 0 Å². The number of benzene rings is 2. The number of methoxy groups -OCH3 is 2. The van der Waals surface area contributed by atoms with E-state index in [0.717, 1.165) is 11.1 Å². The maximum absolute atomic E-state index is 12.3. The minimum Gasteiger partial charge on any atom is -0.496 e. The summed E-state index contributed by atoms with van der Waals surface area (Å²) >= 11 is 5.94. The topological polar surface area (TPSA) is 73.9 Å². The molecule has 2 aromatic carbocycles. The molecule has 1 N–H and O–H groups in total. The number of nitrogens with one attached hydrogen (secondary N) is 1. The van der Waals surface area contributed by atoms with Crippen molar-refractivity contribution in [3.63, 3.8) is 0 Å². The Morgan fingerprint density at radius 1 is 1.07 bits per heavy atom. The number of anilines is 1. The molecular weight excluding hydrogens is 370 g/mol. The molecule has 1 atom stereocenters. The molecule has 1 amide bonds. The van der Waals surface area contributed by atoms with Crippen LogP contribution in [-0.4, -0.2) is 32.2 Å². The number of esters is 1. The average Bonchev–Trinajstić information content (AvgIpc) is 2.63. The summed E-state index contributed by atoms with van der Waals surface area (Å²) in [6.45, 7) is 3.41. The molecule has 2 rings (SSSR count). The van der Waals surface area contributed by atoms with E-state index in [1.807, 2.05) is 19.1 Å². The summed E-state index contributed by atoms with van der Waals surface area (Å²) in [6, 6.07) is 10.3. The number of ether oxygens (including phenoxy) is 3. The van der Waals surface area contributed by atoms with Gasteiger partial charge in [-0.3, -0.25) is 9.59 Å². The Balaban J connectivity index is 1.98. The Bertz CT molecular complexity index is 837. The second-order valence-corrected chi connectivity index (χ2v) is 6.38. The van der Waals surface area contributed by atoms with Gasteiger partial charge >= 0.3 is 5.97 Å². The molecule has 7 heteroatoms. The SMILES string of the molecule is COc1cc(CC(=O)OC(C)C(=O)Nc2cc(Cl)ccc2OC)ccc1C. The molecule has 6 nitrogen and oxygen atoms in total. The van der Waals surface area contributed by atoms with Gasteiger partial charge in [-0.15, -0.1) is 0 Å². The molecule has 0 aliphatic rings. The van der Waals surface area contributed by atoms with E-state index < -0.39 is 18.0 Å². The first-order valence-electron chi connectivity index (χ1n) is 8.31. The molecule has 0 aromatic heterocycles. The zero-order chi connectivity index (χ0) is 20.0. The van der Waals surface area contributed by atoms with Crippen LogP contribution in [0.3, 0.4) is 0 Å². The highest BCUT2D eigenvalue weighted by Gasteiger charge is 2.20. The standard InChI is InChI=1S/C20H22ClNO5/c1-12-5-6-14(9-18(12)26-4)10-19(23)27-13(2)20(24)22-16-11-15(21)7-8-17(16)25-3/h5-9,11,13H,10H2,1-4H3,(H,22,24). The lowest BCUT2D eigenvalue weighted by Crippen LogP contribution is -2.30. The third kappa shape index (κ3) is 5.62. The first kappa shape index (κ1) is 20.6. The number of aryl methyl sites for hydroxylation is 1. The fraction of sp³-hybridized carbons (Fsp3) is 0.300. The molecule has 0 aliphatic carbocycles. The predicted molar refractivity (Wildman–Crippen MR) is 104 cm³/mol. The number of hydrogen-bond acceptors (Lipinski definition) is 5. The van der Waals surface area contributed by atoms with E-state index in [-0.39, 0.29) is 6.42 Å². The summed E-state index contributed by atoms with van der Waals surface area (Å²) in [5.74, 6) is 0.157. The van der Waals surface area contributed by atoms with Gasteiger partial charge in [0.15, 0.2) is 6.10 Å². The minimum absolute atomic E-state index is 0.0365. The number of hydrogen-bond donors (Lipinski definition) is 1. The Morgan fingerprint density at radius 2 is 1.78 bits per heavy atom. The largest absolute Gasteiger partial charge is 0.496 e. The van der Waals surface area contributed by atoms with Crippen LogP contribution in [0.2, 0.25) is 5.02 Å². The van der Waals surface area contributed by atoms with Crippen LogP contribution in [0.4, 0.5) is 5.69 Å². The highest BCUT2D eigenvalue weighted by molar-refractivity contribution is 6.31. The second-order valence-electron chi connectivity index (χ2n) is 5.95. The van der Waals surface area contributed by atoms with Crippen LogP contribution in [0.5, 0.6) is 11.5 Å². The van der Waals surface area contributed by atoms with Crippen LogP contribution in [0.25, 0.3) is 0 Å². The Labute approximate surface area is 163 Å². The van der Waals surface area contributed by atoms with E-state index in [1.54, 1.807) is 31.4 Å². The molecule has 27 heavy (non-hydrogen) atoms. The number of carbonyl (C=O) groups is 2. The van der Waals surface area contributed by atoms with Crippen LogP contribution in [0.15, 0.2) is 36.4 Å². The summed E-state index contributed by atoms with van der Waals surface area (Å²) in [7, 11) is 3.05. The van der Waals surface area contributed by atoms with Crippen LogP contribution >= 0.6 is 11.6 Å². The zero-order valence-corrected chi connectivity index (χ0v) is 16.4. The van der Waals surface area contributed by atoms with Crippen molar-refractivity contribution in [1.82, 2.24) is 0 Å². The van der Waals surface area contributed by atoms with Crippen molar-refractivity contribution in [2.24, 2.45) is 0 Å². The van der Waals surface area contributed by atoms with Gasteiger partial charge < -0.3 is 19.5 Å². The Kier molecular flexibility index (Phi) is 7.07. The van der Waals surface area contributed by atoms with Gasteiger partial charge in [0.2, 0.25) is 0 Å². The van der Waals surface area contributed by atoms with Crippen LogP contribution in [0.1, 0.15) is 18.1 Å². The van der Waals surface area contributed by atoms with E-state index in [2.05, 4.69) is 5.32 Å². The van der Waals surface area contributed by atoms with Gasteiger partial charge in [-0.05, 0) is 49.2 Å². The summed E-state index contributed by atoms with van der Waals surface area (Å²) in [5.41, 5.74) is 2.12. The first-order valence-corrected chi connectivity index (χ1v) is 8.69. The molecule has 0 aliphatic heterocycles. The van der Waals surface area contributed by atoms with Gasteiger partial charge in [0.1, 0.15) is 11.5 Å². The maximum atomic E-state index is 12.3. The van der Waals surface area contributed by atoms with Gasteiger partial charge in [0.25, 0.3) is 5.91 Å².